The first-order valence-corrected chi connectivity index (χ1v) is 15.9. The summed E-state index contributed by atoms with van der Waals surface area (Å²) in [4.78, 5) is 0. The van der Waals surface area contributed by atoms with Gasteiger partial charge in [-0.3, -0.25) is 0 Å². The number of benzene rings is 1. The Kier molecular flexibility index (Phi) is 9.23. The number of hydrogen-bond donors (Lipinski definition) is 0. The minimum Gasteiger partial charge on any atom is -0.497 e. The van der Waals surface area contributed by atoms with E-state index in [4.69, 9.17) is 32.4 Å². The lowest BCUT2D eigenvalue weighted by atomic mass is 9.59. The predicted octanol–water partition coefficient (Wildman–Crippen LogP) is 9.60. The molecule has 1 aromatic carbocycles. The van der Waals surface area contributed by atoms with Gasteiger partial charge in [-0.2, -0.15) is 0 Å². The summed E-state index contributed by atoms with van der Waals surface area (Å²) in [5.41, 5.74) is 1.72. The zero-order valence-corrected chi connectivity index (χ0v) is 22.6. The molecule has 2 saturated carbocycles. The first kappa shape index (κ1) is 25.4. The van der Waals surface area contributed by atoms with Crippen LogP contribution in [0.2, 0.25) is 28.2 Å². The predicted molar refractivity (Wildman–Crippen MR) is 136 cm³/mol. The molecule has 0 aromatic heterocycles. The molecule has 3 rings (SSSR count). The molecule has 5 heteroatoms. The molecule has 176 valence electrons. The van der Waals surface area contributed by atoms with Crippen molar-refractivity contribution in [1.29, 1.82) is 0 Å². The van der Waals surface area contributed by atoms with E-state index in [9.17, 15) is 0 Å². The maximum absolute atomic E-state index is 6.99. The highest BCUT2D eigenvalue weighted by Crippen LogP contribution is 2.53. The molecule has 0 radical (unpaired) electrons. The topological polar surface area (TPSA) is 18.5 Å². The molecule has 1 spiro atoms. The summed E-state index contributed by atoms with van der Waals surface area (Å²) >= 11 is 13.4. The van der Waals surface area contributed by atoms with Gasteiger partial charge >= 0.3 is 0 Å². The number of ether oxygens (including phenoxy) is 1. The van der Waals surface area contributed by atoms with Gasteiger partial charge in [0, 0.05) is 5.56 Å². The fraction of sp³-hybridized carbons (Fsp3) is 0.769. The highest BCUT2D eigenvalue weighted by Gasteiger charge is 2.40. The number of halogens is 2. The van der Waals surface area contributed by atoms with Crippen LogP contribution in [-0.4, -0.2) is 15.4 Å². The molecule has 2 aliphatic carbocycles. The van der Waals surface area contributed by atoms with E-state index >= 15 is 0 Å². The molecule has 31 heavy (non-hydrogen) atoms. The van der Waals surface area contributed by atoms with Crippen LogP contribution in [0.4, 0.5) is 0 Å². The van der Waals surface area contributed by atoms with Crippen molar-refractivity contribution in [1.82, 2.24) is 0 Å². The van der Waals surface area contributed by atoms with Gasteiger partial charge < -0.3 is 9.16 Å². The lowest BCUT2D eigenvalue weighted by Crippen LogP contribution is -2.37. The van der Waals surface area contributed by atoms with Gasteiger partial charge in [0.15, 0.2) is 8.32 Å². The Hall–Kier alpha value is -0.223. The fourth-order valence-electron chi connectivity index (χ4n) is 5.90. The molecule has 0 aliphatic heterocycles. The van der Waals surface area contributed by atoms with Crippen molar-refractivity contribution in [2.75, 3.05) is 7.11 Å². The van der Waals surface area contributed by atoms with Gasteiger partial charge in [-0.05, 0) is 86.5 Å². The van der Waals surface area contributed by atoms with Crippen molar-refractivity contribution in [2.45, 2.75) is 109 Å². The van der Waals surface area contributed by atoms with Crippen LogP contribution in [0.25, 0.3) is 0 Å². The van der Waals surface area contributed by atoms with E-state index in [1.165, 1.54) is 57.8 Å². The standard InChI is InChI=1S/C26H42Cl2O2Si/c1-5-31(6-2,7-3)30-24(25-22(27)18-21(29-4)19-23(25)28)11-8-10-20-12-16-26(17-13-20)14-9-15-26/h18-20,24H,5-17H2,1-4H3. The zero-order valence-electron chi connectivity index (χ0n) is 20.1. The summed E-state index contributed by atoms with van der Waals surface area (Å²) in [5, 5.41) is 1.34. The van der Waals surface area contributed by atoms with Gasteiger partial charge in [0.1, 0.15) is 5.75 Å². The van der Waals surface area contributed by atoms with Crippen LogP contribution in [0, 0.1) is 11.3 Å². The molecule has 1 atom stereocenters. The molecule has 2 nitrogen and oxygen atoms in total. The summed E-state index contributed by atoms with van der Waals surface area (Å²) in [6.45, 7) is 6.85. The molecule has 0 heterocycles. The largest absolute Gasteiger partial charge is 0.497 e. The SMILES string of the molecule is CC[Si](CC)(CC)OC(CCCC1CCC2(CCC2)CC1)c1c(Cl)cc(OC)cc1Cl. The Labute approximate surface area is 201 Å². The van der Waals surface area contributed by atoms with Crippen molar-refractivity contribution in [3.8, 4) is 5.75 Å². The third kappa shape index (κ3) is 6.02. The van der Waals surface area contributed by atoms with Gasteiger partial charge in [-0.25, -0.2) is 0 Å². The summed E-state index contributed by atoms with van der Waals surface area (Å²) < 4.78 is 12.4. The van der Waals surface area contributed by atoms with Crippen LogP contribution >= 0.6 is 23.2 Å². The van der Waals surface area contributed by atoms with E-state index in [-0.39, 0.29) is 6.10 Å². The maximum atomic E-state index is 6.99. The quantitative estimate of drug-likeness (QED) is 0.291. The van der Waals surface area contributed by atoms with Gasteiger partial charge in [-0.15, -0.1) is 0 Å². The molecule has 1 unspecified atom stereocenters. The summed E-state index contributed by atoms with van der Waals surface area (Å²) in [6, 6.07) is 7.16. The van der Waals surface area contributed by atoms with Gasteiger partial charge in [0.05, 0.1) is 23.3 Å². The van der Waals surface area contributed by atoms with Crippen molar-refractivity contribution in [3.63, 3.8) is 0 Å². The molecular weight excluding hydrogens is 443 g/mol. The van der Waals surface area contributed by atoms with E-state index in [0.29, 0.717) is 15.8 Å². The van der Waals surface area contributed by atoms with Crippen molar-refractivity contribution < 1.29 is 9.16 Å². The number of methoxy groups -OCH3 is 1. The molecule has 1 aromatic rings. The second-order valence-corrected chi connectivity index (χ2v) is 15.6. The van der Waals surface area contributed by atoms with E-state index in [2.05, 4.69) is 20.8 Å². The maximum Gasteiger partial charge on any atom is 0.192 e. The Morgan fingerprint density at radius 2 is 1.58 bits per heavy atom. The highest BCUT2D eigenvalue weighted by atomic mass is 35.5. The van der Waals surface area contributed by atoms with Crippen molar-refractivity contribution in [3.05, 3.63) is 27.7 Å². The Morgan fingerprint density at radius 1 is 1.00 bits per heavy atom. The number of hydrogen-bond acceptors (Lipinski definition) is 2. The van der Waals surface area contributed by atoms with Crippen molar-refractivity contribution >= 4 is 31.5 Å². The molecular formula is C26H42Cl2O2Si. The van der Waals surface area contributed by atoms with Crippen LogP contribution in [0.5, 0.6) is 5.75 Å². The highest BCUT2D eigenvalue weighted by molar-refractivity contribution is 6.73. The van der Waals surface area contributed by atoms with Crippen molar-refractivity contribution in [2.24, 2.45) is 11.3 Å². The number of rotatable bonds is 11. The first-order valence-electron chi connectivity index (χ1n) is 12.6. The van der Waals surface area contributed by atoms with Crippen LogP contribution in [0.3, 0.4) is 0 Å². The average molecular weight is 486 g/mol. The molecule has 0 bridgehead atoms. The van der Waals surface area contributed by atoms with E-state index in [0.717, 1.165) is 41.4 Å². The Morgan fingerprint density at radius 3 is 2.03 bits per heavy atom. The second-order valence-electron chi connectivity index (χ2n) is 10.1. The van der Waals surface area contributed by atoms with E-state index in [1.54, 1.807) is 7.11 Å². The van der Waals surface area contributed by atoms with Gasteiger partial charge in [0.25, 0.3) is 0 Å². The smallest absolute Gasteiger partial charge is 0.192 e. The minimum absolute atomic E-state index is 0.0148. The monoisotopic (exact) mass is 484 g/mol. The first-order chi connectivity index (χ1) is 14.9. The van der Waals surface area contributed by atoms with Gasteiger partial charge in [-0.1, -0.05) is 63.2 Å². The normalized spacial score (nSPS) is 19.9. The average Bonchev–Trinajstić information content (AvgIpc) is 2.76. The van der Waals surface area contributed by atoms with Gasteiger partial charge in [0.2, 0.25) is 0 Å². The lowest BCUT2D eigenvalue weighted by molar-refractivity contribution is 0.0520. The van der Waals surface area contributed by atoms with Crippen LogP contribution in [-0.2, 0) is 4.43 Å². The molecule has 0 N–H and O–H groups in total. The molecule has 2 fully saturated rings. The lowest BCUT2D eigenvalue weighted by Gasteiger charge is -2.47. The third-order valence-corrected chi connectivity index (χ3v) is 13.9. The third-order valence-electron chi connectivity index (χ3n) is 8.59. The molecule has 0 saturated heterocycles. The molecule has 0 amide bonds. The Bertz CT molecular complexity index is 674. The van der Waals surface area contributed by atoms with Crippen LogP contribution in [0.1, 0.15) is 96.6 Å². The van der Waals surface area contributed by atoms with Crippen LogP contribution < -0.4 is 4.74 Å². The van der Waals surface area contributed by atoms with Crippen LogP contribution in [0.15, 0.2) is 12.1 Å². The van der Waals surface area contributed by atoms with E-state index < -0.39 is 8.32 Å². The summed E-state index contributed by atoms with van der Waals surface area (Å²) in [6.07, 6.45) is 13.7. The molecule has 2 aliphatic rings. The summed E-state index contributed by atoms with van der Waals surface area (Å²) in [5.74, 6) is 1.59. The fourth-order valence-corrected chi connectivity index (χ4v) is 9.45. The van der Waals surface area contributed by atoms with E-state index in [1.807, 2.05) is 12.1 Å². The zero-order chi connectivity index (χ0) is 22.5. The Balaban J connectivity index is 1.69. The second kappa shape index (κ2) is 11.3. The minimum atomic E-state index is -1.79. The summed E-state index contributed by atoms with van der Waals surface area (Å²) in [7, 11) is -0.136.